The van der Waals surface area contributed by atoms with E-state index >= 15 is 0 Å². The minimum absolute atomic E-state index is 0.115. The lowest BCUT2D eigenvalue weighted by Crippen LogP contribution is -1.94. The Morgan fingerprint density at radius 2 is 2.05 bits per heavy atom. The first-order valence-corrected chi connectivity index (χ1v) is 7.13. The Kier molecular flexibility index (Phi) is 3.92. The molecule has 7 heteroatoms. The van der Waals surface area contributed by atoms with Crippen LogP contribution in [-0.4, -0.2) is 16.3 Å². The number of phenols is 1. The zero-order chi connectivity index (χ0) is 15.7. The highest BCUT2D eigenvalue weighted by molar-refractivity contribution is 6.39. The lowest BCUT2D eigenvalue weighted by Gasteiger charge is -2.06. The number of nitrogens with one attached hydrogen (secondary N) is 1. The summed E-state index contributed by atoms with van der Waals surface area (Å²) >= 11 is 12.0. The molecule has 112 valence electrons. The van der Waals surface area contributed by atoms with Crippen molar-refractivity contribution in [3.05, 3.63) is 51.9 Å². The molecule has 0 bridgehead atoms. The van der Waals surface area contributed by atoms with Crippen LogP contribution >= 0.6 is 23.2 Å². The second-order valence-corrected chi connectivity index (χ2v) is 5.41. The van der Waals surface area contributed by atoms with E-state index in [4.69, 9.17) is 27.6 Å². The number of rotatable bonds is 3. The van der Waals surface area contributed by atoms with Crippen molar-refractivity contribution in [3.63, 3.8) is 0 Å². The first-order chi connectivity index (χ1) is 10.5. The molecule has 0 radical (unpaired) electrons. The number of phenolic OH excluding ortho intramolecular Hbond substituents is 1. The minimum atomic E-state index is -0.115. The predicted molar refractivity (Wildman–Crippen MR) is 88.1 cm³/mol. The fourth-order valence-corrected chi connectivity index (χ4v) is 2.47. The standard InChI is InChI=1S/C15H11Cl2N3O2/c1-8-2-3-9(22-8)7-18-20-13-5-4-10-11(16)6-12(17)15(21)14(10)19-13/h2-7,21H,1H3,(H,19,20)/b18-7+. The second-order valence-electron chi connectivity index (χ2n) is 4.60. The fourth-order valence-electron chi connectivity index (χ4n) is 1.95. The summed E-state index contributed by atoms with van der Waals surface area (Å²) < 4.78 is 5.36. The number of hydrazone groups is 1. The number of nitrogens with zero attached hydrogens (tertiary/aromatic N) is 2. The van der Waals surface area contributed by atoms with E-state index in [9.17, 15) is 5.11 Å². The lowest BCUT2D eigenvalue weighted by molar-refractivity contribution is 0.480. The van der Waals surface area contributed by atoms with E-state index in [1.165, 1.54) is 12.3 Å². The van der Waals surface area contributed by atoms with Gasteiger partial charge in [0.2, 0.25) is 0 Å². The van der Waals surface area contributed by atoms with Gasteiger partial charge in [-0.1, -0.05) is 23.2 Å². The van der Waals surface area contributed by atoms with Crippen molar-refractivity contribution < 1.29 is 9.52 Å². The first-order valence-electron chi connectivity index (χ1n) is 6.38. The zero-order valence-corrected chi connectivity index (χ0v) is 13.0. The van der Waals surface area contributed by atoms with Crippen molar-refractivity contribution in [2.45, 2.75) is 6.92 Å². The fraction of sp³-hybridized carbons (Fsp3) is 0.0667. The predicted octanol–water partition coefficient (Wildman–Crippen LogP) is 4.59. The number of aromatic hydroxyl groups is 1. The number of aryl methyl sites for hydroxylation is 1. The van der Waals surface area contributed by atoms with E-state index in [1.54, 1.807) is 18.2 Å². The molecule has 2 N–H and O–H groups in total. The van der Waals surface area contributed by atoms with Crippen molar-refractivity contribution in [1.29, 1.82) is 0 Å². The maximum absolute atomic E-state index is 9.98. The maximum atomic E-state index is 9.98. The van der Waals surface area contributed by atoms with Crippen LogP contribution in [0.25, 0.3) is 10.9 Å². The number of hydrogen-bond donors (Lipinski definition) is 2. The Morgan fingerprint density at radius 3 is 2.77 bits per heavy atom. The Bertz CT molecular complexity index is 875. The van der Waals surface area contributed by atoms with Crippen molar-refractivity contribution >= 4 is 46.1 Å². The summed E-state index contributed by atoms with van der Waals surface area (Å²) in [7, 11) is 0. The first kappa shape index (κ1) is 14.7. The number of halogens is 2. The summed E-state index contributed by atoms with van der Waals surface area (Å²) in [5.41, 5.74) is 3.07. The molecule has 3 rings (SSSR count). The van der Waals surface area contributed by atoms with E-state index in [-0.39, 0.29) is 10.8 Å². The summed E-state index contributed by atoms with van der Waals surface area (Å²) in [4.78, 5) is 4.26. The second kappa shape index (κ2) is 5.87. The molecule has 0 saturated heterocycles. The van der Waals surface area contributed by atoms with Gasteiger partial charge in [0.25, 0.3) is 0 Å². The van der Waals surface area contributed by atoms with Gasteiger partial charge >= 0.3 is 0 Å². The van der Waals surface area contributed by atoms with Gasteiger partial charge in [0.15, 0.2) is 5.75 Å². The number of aromatic nitrogens is 1. The lowest BCUT2D eigenvalue weighted by atomic mass is 10.2. The molecule has 5 nitrogen and oxygen atoms in total. The molecule has 0 aliphatic carbocycles. The molecule has 2 heterocycles. The number of fused-ring (bicyclic) bond motifs is 1. The molecular weight excluding hydrogens is 325 g/mol. The highest BCUT2D eigenvalue weighted by Gasteiger charge is 2.11. The molecule has 3 aromatic rings. The monoisotopic (exact) mass is 335 g/mol. The number of anilines is 1. The average molecular weight is 336 g/mol. The summed E-state index contributed by atoms with van der Waals surface area (Å²) in [6.45, 7) is 1.85. The third-order valence-corrected chi connectivity index (χ3v) is 3.59. The largest absolute Gasteiger partial charge is 0.504 e. The molecule has 0 aliphatic rings. The van der Waals surface area contributed by atoms with Crippen LogP contribution in [0.15, 0.2) is 39.9 Å². The van der Waals surface area contributed by atoms with Crippen LogP contribution < -0.4 is 5.43 Å². The number of furan rings is 1. The molecule has 0 unspecified atom stereocenters. The van der Waals surface area contributed by atoms with Crippen molar-refractivity contribution in [2.24, 2.45) is 5.10 Å². The van der Waals surface area contributed by atoms with Crippen molar-refractivity contribution in [1.82, 2.24) is 4.98 Å². The van der Waals surface area contributed by atoms with Gasteiger partial charge in [0.1, 0.15) is 22.9 Å². The smallest absolute Gasteiger partial charge is 0.160 e. The Hall–Kier alpha value is -2.24. The van der Waals surface area contributed by atoms with Crippen LogP contribution in [0.5, 0.6) is 5.75 Å². The quantitative estimate of drug-likeness (QED) is 0.542. The Labute approximate surface area is 136 Å². The summed E-state index contributed by atoms with van der Waals surface area (Å²) in [5.74, 6) is 1.76. The van der Waals surface area contributed by atoms with Gasteiger partial charge in [-0.2, -0.15) is 5.10 Å². The molecule has 0 atom stereocenters. The molecule has 0 aliphatic heterocycles. The molecule has 1 aromatic carbocycles. The van der Waals surface area contributed by atoms with E-state index in [1.807, 2.05) is 13.0 Å². The zero-order valence-electron chi connectivity index (χ0n) is 11.5. The van der Waals surface area contributed by atoms with E-state index in [2.05, 4.69) is 15.5 Å². The minimum Gasteiger partial charge on any atom is -0.504 e. The topological polar surface area (TPSA) is 70.7 Å². The molecule has 0 saturated carbocycles. The Balaban J connectivity index is 1.89. The van der Waals surface area contributed by atoms with Crippen LogP contribution in [0.2, 0.25) is 10.0 Å². The third kappa shape index (κ3) is 2.86. The van der Waals surface area contributed by atoms with Crippen molar-refractivity contribution in [3.8, 4) is 5.75 Å². The van der Waals surface area contributed by atoms with Crippen LogP contribution in [0.1, 0.15) is 11.5 Å². The summed E-state index contributed by atoms with van der Waals surface area (Å²) in [6, 6.07) is 8.56. The molecule has 2 aromatic heterocycles. The molecule has 0 amide bonds. The van der Waals surface area contributed by atoms with Crippen LogP contribution in [0, 0.1) is 6.92 Å². The number of pyridine rings is 1. The van der Waals surface area contributed by atoms with Crippen LogP contribution in [0.4, 0.5) is 5.82 Å². The van der Waals surface area contributed by atoms with Gasteiger partial charge in [-0.3, -0.25) is 5.43 Å². The van der Waals surface area contributed by atoms with Gasteiger partial charge in [-0.05, 0) is 37.3 Å². The molecule has 0 fully saturated rings. The van der Waals surface area contributed by atoms with Crippen LogP contribution in [0.3, 0.4) is 0 Å². The van der Waals surface area contributed by atoms with Crippen molar-refractivity contribution in [2.75, 3.05) is 5.43 Å². The number of benzene rings is 1. The summed E-state index contributed by atoms with van der Waals surface area (Å²) in [6.07, 6.45) is 1.53. The maximum Gasteiger partial charge on any atom is 0.160 e. The summed E-state index contributed by atoms with van der Waals surface area (Å²) in [5, 5.41) is 15.2. The van der Waals surface area contributed by atoms with Gasteiger partial charge in [-0.15, -0.1) is 0 Å². The average Bonchev–Trinajstić information content (AvgIpc) is 2.90. The normalized spacial score (nSPS) is 11.4. The number of hydrogen-bond acceptors (Lipinski definition) is 5. The van der Waals surface area contributed by atoms with Gasteiger partial charge < -0.3 is 9.52 Å². The molecule has 0 spiro atoms. The SMILES string of the molecule is Cc1ccc(/C=N/Nc2ccc3c(Cl)cc(Cl)c(O)c3n2)o1. The van der Waals surface area contributed by atoms with E-state index < -0.39 is 0 Å². The highest BCUT2D eigenvalue weighted by atomic mass is 35.5. The van der Waals surface area contributed by atoms with Gasteiger partial charge in [-0.25, -0.2) is 4.98 Å². The van der Waals surface area contributed by atoms with E-state index in [0.29, 0.717) is 27.5 Å². The van der Waals surface area contributed by atoms with Crippen LogP contribution in [-0.2, 0) is 0 Å². The molecule has 22 heavy (non-hydrogen) atoms. The van der Waals surface area contributed by atoms with E-state index in [0.717, 1.165) is 5.76 Å². The Morgan fingerprint density at radius 1 is 1.23 bits per heavy atom. The highest BCUT2D eigenvalue weighted by Crippen LogP contribution is 2.36. The van der Waals surface area contributed by atoms with Gasteiger partial charge in [0, 0.05) is 5.39 Å². The van der Waals surface area contributed by atoms with Gasteiger partial charge in [0.05, 0.1) is 16.3 Å². The molecular formula is C15H11Cl2N3O2. The third-order valence-electron chi connectivity index (χ3n) is 2.99.